The Bertz CT molecular complexity index is 694. The molecule has 0 aromatic heterocycles. The van der Waals surface area contributed by atoms with Gasteiger partial charge in [-0.3, -0.25) is 4.79 Å². The molecule has 0 saturated carbocycles. The number of rotatable bonds is 6. The lowest BCUT2D eigenvalue weighted by atomic mass is 10.0. The fourth-order valence-corrected chi connectivity index (χ4v) is 2.42. The van der Waals surface area contributed by atoms with Gasteiger partial charge in [-0.25, -0.2) is 4.79 Å². The van der Waals surface area contributed by atoms with Crippen molar-refractivity contribution in [2.24, 2.45) is 5.73 Å². The van der Waals surface area contributed by atoms with E-state index in [0.717, 1.165) is 17.5 Å². The zero-order chi connectivity index (χ0) is 17.5. The minimum atomic E-state index is -0.569. The predicted molar refractivity (Wildman–Crippen MR) is 94.5 cm³/mol. The van der Waals surface area contributed by atoms with Crippen LogP contribution in [0.1, 0.15) is 46.4 Å². The Balaban J connectivity index is 2.02. The lowest BCUT2D eigenvalue weighted by Gasteiger charge is -2.18. The second kappa shape index (κ2) is 8.15. The highest BCUT2D eigenvalue weighted by Gasteiger charge is 2.14. The third-order valence-corrected chi connectivity index (χ3v) is 3.88. The fraction of sp³-hybridized carbons (Fsp3) is 0.263. The number of aryl methyl sites for hydroxylation is 1. The summed E-state index contributed by atoms with van der Waals surface area (Å²) < 4.78 is 0. The number of hydrogen-bond acceptors (Lipinski definition) is 2. The number of benzene rings is 2. The van der Waals surface area contributed by atoms with Crippen molar-refractivity contribution in [2.45, 2.75) is 32.9 Å². The van der Waals surface area contributed by atoms with Crippen LogP contribution in [0.25, 0.3) is 0 Å². The molecule has 24 heavy (non-hydrogen) atoms. The molecule has 0 aliphatic heterocycles. The van der Waals surface area contributed by atoms with Gasteiger partial charge in [0.2, 0.25) is 0 Å². The zero-order valence-electron chi connectivity index (χ0n) is 14.0. The van der Waals surface area contributed by atoms with Gasteiger partial charge in [0.15, 0.2) is 0 Å². The molecule has 0 aliphatic rings. The van der Waals surface area contributed by atoms with E-state index < -0.39 is 6.03 Å². The molecule has 126 valence electrons. The van der Waals surface area contributed by atoms with Crippen molar-refractivity contribution in [3.05, 3.63) is 70.8 Å². The molecule has 1 unspecified atom stereocenters. The normalized spacial score (nSPS) is 11.6. The summed E-state index contributed by atoms with van der Waals surface area (Å²) in [5.74, 6) is -0.114. The van der Waals surface area contributed by atoms with E-state index in [1.165, 1.54) is 5.56 Å². The van der Waals surface area contributed by atoms with Crippen molar-refractivity contribution in [3.8, 4) is 0 Å². The summed E-state index contributed by atoms with van der Waals surface area (Å²) in [6.07, 6.45) is 0.815. The molecular weight excluding hydrogens is 302 g/mol. The van der Waals surface area contributed by atoms with Crippen molar-refractivity contribution < 1.29 is 9.59 Å². The number of nitrogens with two attached hydrogens (primary N) is 1. The number of carbonyl (C=O) groups is 2. The topological polar surface area (TPSA) is 84.2 Å². The Labute approximate surface area is 142 Å². The largest absolute Gasteiger partial charge is 0.352 e. The van der Waals surface area contributed by atoms with Gasteiger partial charge in [0.1, 0.15) is 0 Å². The van der Waals surface area contributed by atoms with E-state index in [9.17, 15) is 9.59 Å². The Morgan fingerprint density at radius 1 is 1.04 bits per heavy atom. The molecule has 2 rings (SSSR count). The van der Waals surface area contributed by atoms with Crippen LogP contribution in [0.3, 0.4) is 0 Å². The standard InChI is InChI=1S/C19H23N3O2/c1-3-17(15-8-4-13(2)5-9-15)22-18(23)16-10-6-14(7-11-16)12-21-19(20)24/h4-11,17H,3,12H2,1-2H3,(H,22,23)(H3,20,21,24). The second-order valence-electron chi connectivity index (χ2n) is 5.76. The van der Waals surface area contributed by atoms with Gasteiger partial charge >= 0.3 is 6.03 Å². The van der Waals surface area contributed by atoms with Crippen LogP contribution in [0.5, 0.6) is 0 Å². The third kappa shape index (κ3) is 4.84. The predicted octanol–water partition coefficient (Wildman–Crippen LogP) is 3.04. The van der Waals surface area contributed by atoms with Crippen molar-refractivity contribution in [1.29, 1.82) is 0 Å². The number of urea groups is 1. The summed E-state index contributed by atoms with van der Waals surface area (Å²) in [6.45, 7) is 4.43. The summed E-state index contributed by atoms with van der Waals surface area (Å²) >= 11 is 0. The van der Waals surface area contributed by atoms with Gasteiger partial charge in [-0.05, 0) is 36.6 Å². The number of amides is 3. The minimum Gasteiger partial charge on any atom is -0.352 e. The van der Waals surface area contributed by atoms with Gasteiger partial charge in [0.25, 0.3) is 5.91 Å². The quantitative estimate of drug-likeness (QED) is 0.762. The lowest BCUT2D eigenvalue weighted by molar-refractivity contribution is 0.0935. The van der Waals surface area contributed by atoms with E-state index in [1.54, 1.807) is 24.3 Å². The molecule has 5 nitrogen and oxygen atoms in total. The Morgan fingerprint density at radius 3 is 2.21 bits per heavy atom. The SMILES string of the molecule is CCC(NC(=O)c1ccc(CNC(N)=O)cc1)c1ccc(C)cc1. The molecule has 4 N–H and O–H groups in total. The molecular formula is C19H23N3O2. The number of carbonyl (C=O) groups excluding carboxylic acids is 2. The van der Waals surface area contributed by atoms with E-state index in [2.05, 4.69) is 10.6 Å². The third-order valence-electron chi connectivity index (χ3n) is 3.88. The van der Waals surface area contributed by atoms with E-state index >= 15 is 0 Å². The number of primary amides is 1. The van der Waals surface area contributed by atoms with Gasteiger partial charge in [-0.15, -0.1) is 0 Å². The van der Waals surface area contributed by atoms with E-state index in [4.69, 9.17) is 5.73 Å². The lowest BCUT2D eigenvalue weighted by Crippen LogP contribution is -2.29. The summed E-state index contributed by atoms with van der Waals surface area (Å²) in [5.41, 5.74) is 8.80. The first-order valence-corrected chi connectivity index (χ1v) is 7.99. The Kier molecular flexibility index (Phi) is 5.95. The summed E-state index contributed by atoms with van der Waals surface area (Å²) in [6, 6.07) is 14.7. The molecule has 3 amide bonds. The van der Waals surface area contributed by atoms with E-state index in [-0.39, 0.29) is 11.9 Å². The van der Waals surface area contributed by atoms with Crippen LogP contribution in [-0.4, -0.2) is 11.9 Å². The van der Waals surface area contributed by atoms with Crippen molar-refractivity contribution in [3.63, 3.8) is 0 Å². The Morgan fingerprint density at radius 2 is 1.67 bits per heavy atom. The van der Waals surface area contributed by atoms with Crippen molar-refractivity contribution in [2.75, 3.05) is 0 Å². The minimum absolute atomic E-state index is 0.0192. The summed E-state index contributed by atoms with van der Waals surface area (Å²) in [5, 5.41) is 5.58. The molecule has 0 saturated heterocycles. The smallest absolute Gasteiger partial charge is 0.312 e. The average molecular weight is 325 g/mol. The van der Waals surface area contributed by atoms with E-state index in [0.29, 0.717) is 12.1 Å². The molecule has 0 radical (unpaired) electrons. The van der Waals surface area contributed by atoms with Gasteiger partial charge < -0.3 is 16.4 Å². The maximum atomic E-state index is 12.4. The first-order valence-electron chi connectivity index (χ1n) is 7.99. The highest BCUT2D eigenvalue weighted by Crippen LogP contribution is 2.18. The highest BCUT2D eigenvalue weighted by molar-refractivity contribution is 5.94. The van der Waals surface area contributed by atoms with Crippen LogP contribution in [0, 0.1) is 6.92 Å². The van der Waals surface area contributed by atoms with Crippen LogP contribution >= 0.6 is 0 Å². The summed E-state index contributed by atoms with van der Waals surface area (Å²) in [4.78, 5) is 23.1. The van der Waals surface area contributed by atoms with Gasteiger partial charge in [0, 0.05) is 12.1 Å². The fourth-order valence-electron chi connectivity index (χ4n) is 2.42. The monoisotopic (exact) mass is 325 g/mol. The van der Waals surface area contributed by atoms with Gasteiger partial charge in [-0.2, -0.15) is 0 Å². The summed E-state index contributed by atoms with van der Waals surface area (Å²) in [7, 11) is 0. The van der Waals surface area contributed by atoms with Crippen molar-refractivity contribution >= 4 is 11.9 Å². The first kappa shape index (κ1) is 17.5. The van der Waals surface area contributed by atoms with E-state index in [1.807, 2.05) is 38.1 Å². The molecule has 0 heterocycles. The molecule has 0 spiro atoms. The van der Waals surface area contributed by atoms with Crippen LogP contribution in [0.2, 0.25) is 0 Å². The molecule has 2 aromatic rings. The molecule has 0 fully saturated rings. The maximum Gasteiger partial charge on any atom is 0.312 e. The highest BCUT2D eigenvalue weighted by atomic mass is 16.2. The first-order chi connectivity index (χ1) is 11.5. The molecule has 1 atom stereocenters. The number of hydrogen-bond donors (Lipinski definition) is 3. The van der Waals surface area contributed by atoms with Crippen LogP contribution in [0.15, 0.2) is 48.5 Å². The van der Waals surface area contributed by atoms with Crippen LogP contribution in [0.4, 0.5) is 4.79 Å². The van der Waals surface area contributed by atoms with Crippen molar-refractivity contribution in [1.82, 2.24) is 10.6 Å². The maximum absolute atomic E-state index is 12.4. The van der Waals surface area contributed by atoms with Crippen LogP contribution in [-0.2, 0) is 6.54 Å². The second-order valence-corrected chi connectivity index (χ2v) is 5.76. The average Bonchev–Trinajstić information content (AvgIpc) is 2.59. The molecule has 0 aliphatic carbocycles. The van der Waals surface area contributed by atoms with Crippen LogP contribution < -0.4 is 16.4 Å². The molecule has 2 aromatic carbocycles. The molecule has 0 bridgehead atoms. The van der Waals surface area contributed by atoms with Gasteiger partial charge in [-0.1, -0.05) is 48.9 Å². The Hall–Kier alpha value is -2.82. The number of nitrogens with one attached hydrogen (secondary N) is 2. The molecule has 5 heteroatoms. The van der Waals surface area contributed by atoms with Gasteiger partial charge in [0.05, 0.1) is 6.04 Å². The zero-order valence-corrected chi connectivity index (χ0v) is 14.0.